The van der Waals surface area contributed by atoms with Crippen molar-refractivity contribution in [2.24, 2.45) is 11.8 Å². The summed E-state index contributed by atoms with van der Waals surface area (Å²) in [4.78, 5) is 26.2. The fourth-order valence-electron chi connectivity index (χ4n) is 2.30. The van der Waals surface area contributed by atoms with Crippen LogP contribution < -0.4 is 5.32 Å². The number of carbonyl (C=O) groups is 2. The average Bonchev–Trinajstić information content (AvgIpc) is 2.94. The predicted molar refractivity (Wildman–Crippen MR) is 67.9 cm³/mol. The minimum absolute atomic E-state index is 0.0700. The number of aromatic carboxylic acids is 1. The topological polar surface area (TPSA) is 79.3 Å². The van der Waals surface area contributed by atoms with Gasteiger partial charge in [0.2, 0.25) is 0 Å². The molecule has 0 radical (unpaired) electrons. The van der Waals surface area contributed by atoms with Crippen LogP contribution in [0.4, 0.5) is 0 Å². The van der Waals surface area contributed by atoms with Crippen molar-refractivity contribution in [3.63, 3.8) is 0 Å². The van der Waals surface area contributed by atoms with Gasteiger partial charge in [0.15, 0.2) is 10.7 Å². The molecule has 1 heterocycles. The first kappa shape index (κ1) is 13.0. The van der Waals surface area contributed by atoms with E-state index in [0.717, 1.165) is 17.8 Å². The van der Waals surface area contributed by atoms with Crippen molar-refractivity contribution in [3.8, 4) is 0 Å². The number of rotatable bonds is 4. The second kappa shape index (κ2) is 5.48. The molecule has 5 nitrogen and oxygen atoms in total. The molecule has 6 heteroatoms. The largest absolute Gasteiger partial charge is 0.476 e. The summed E-state index contributed by atoms with van der Waals surface area (Å²) in [5.41, 5.74) is -0.0700. The van der Waals surface area contributed by atoms with Crippen LogP contribution in [0.1, 0.15) is 46.5 Å². The van der Waals surface area contributed by atoms with Gasteiger partial charge in [-0.15, -0.1) is 11.3 Å². The highest BCUT2D eigenvalue weighted by Gasteiger charge is 2.24. The van der Waals surface area contributed by atoms with Crippen molar-refractivity contribution in [3.05, 3.63) is 16.1 Å². The van der Waals surface area contributed by atoms with Crippen LogP contribution in [-0.2, 0) is 0 Å². The average molecular weight is 268 g/mol. The molecule has 0 bridgehead atoms. The molecule has 18 heavy (non-hydrogen) atoms. The molecule has 0 aromatic carbocycles. The van der Waals surface area contributed by atoms with E-state index in [4.69, 9.17) is 5.11 Å². The van der Waals surface area contributed by atoms with Gasteiger partial charge in [-0.2, -0.15) is 0 Å². The lowest BCUT2D eigenvalue weighted by Gasteiger charge is -2.15. The van der Waals surface area contributed by atoms with Crippen molar-refractivity contribution >= 4 is 23.2 Å². The van der Waals surface area contributed by atoms with E-state index in [1.165, 1.54) is 18.2 Å². The van der Waals surface area contributed by atoms with Crippen LogP contribution in [0.25, 0.3) is 0 Å². The van der Waals surface area contributed by atoms with Gasteiger partial charge in [0.25, 0.3) is 5.91 Å². The summed E-state index contributed by atoms with van der Waals surface area (Å²) in [5, 5.41) is 13.2. The summed E-state index contributed by atoms with van der Waals surface area (Å²) in [5.74, 6) is -0.189. The van der Waals surface area contributed by atoms with Gasteiger partial charge in [0.05, 0.1) is 0 Å². The highest BCUT2D eigenvalue weighted by molar-refractivity contribution is 7.11. The Morgan fingerprint density at radius 1 is 1.56 bits per heavy atom. The highest BCUT2D eigenvalue weighted by atomic mass is 32.1. The molecule has 1 aliphatic carbocycles. The van der Waals surface area contributed by atoms with Gasteiger partial charge in [-0.05, 0) is 18.3 Å². The van der Waals surface area contributed by atoms with E-state index in [1.54, 1.807) is 0 Å². The van der Waals surface area contributed by atoms with Crippen molar-refractivity contribution < 1.29 is 14.7 Å². The first-order valence-corrected chi connectivity index (χ1v) is 6.93. The number of aromatic nitrogens is 1. The molecule has 2 N–H and O–H groups in total. The number of nitrogens with zero attached hydrogens (tertiary/aromatic N) is 1. The SMILES string of the molecule is CC1CCCC1CNC(=O)c1nc(C(=O)O)cs1. The Kier molecular flexibility index (Phi) is 3.96. The summed E-state index contributed by atoms with van der Waals surface area (Å²) in [6.45, 7) is 2.86. The summed E-state index contributed by atoms with van der Waals surface area (Å²) < 4.78 is 0. The summed E-state index contributed by atoms with van der Waals surface area (Å²) >= 11 is 1.07. The van der Waals surface area contributed by atoms with E-state index in [9.17, 15) is 9.59 Å². The molecular formula is C12H16N2O3S. The molecular weight excluding hydrogens is 252 g/mol. The van der Waals surface area contributed by atoms with Gasteiger partial charge in [-0.1, -0.05) is 19.8 Å². The van der Waals surface area contributed by atoms with Crippen molar-refractivity contribution in [2.75, 3.05) is 6.54 Å². The molecule has 2 atom stereocenters. The zero-order valence-electron chi connectivity index (χ0n) is 10.2. The summed E-state index contributed by atoms with van der Waals surface area (Å²) in [6.07, 6.45) is 3.60. The van der Waals surface area contributed by atoms with Gasteiger partial charge in [-0.25, -0.2) is 9.78 Å². The Bertz CT molecular complexity index is 458. The fourth-order valence-corrected chi connectivity index (χ4v) is 3.01. The van der Waals surface area contributed by atoms with E-state index >= 15 is 0 Å². The molecule has 1 aliphatic rings. The number of hydrogen-bond acceptors (Lipinski definition) is 4. The van der Waals surface area contributed by atoms with Crippen molar-refractivity contribution in [1.29, 1.82) is 0 Å². The number of carbonyl (C=O) groups excluding carboxylic acids is 1. The van der Waals surface area contributed by atoms with Gasteiger partial charge in [-0.3, -0.25) is 4.79 Å². The molecule has 0 saturated heterocycles. The van der Waals surface area contributed by atoms with E-state index in [-0.39, 0.29) is 16.6 Å². The lowest BCUT2D eigenvalue weighted by Crippen LogP contribution is -2.30. The van der Waals surface area contributed by atoms with E-state index in [1.807, 2.05) is 0 Å². The zero-order valence-corrected chi connectivity index (χ0v) is 11.0. The lowest BCUT2D eigenvalue weighted by molar-refractivity contribution is 0.0691. The molecule has 1 aromatic heterocycles. The minimum Gasteiger partial charge on any atom is -0.476 e. The standard InChI is InChI=1S/C12H16N2O3S/c1-7-3-2-4-8(7)5-13-10(15)11-14-9(6-18-11)12(16)17/h6-8H,2-5H2,1H3,(H,13,15)(H,16,17). The Morgan fingerprint density at radius 2 is 2.33 bits per heavy atom. The maximum absolute atomic E-state index is 11.8. The molecule has 98 valence electrons. The minimum atomic E-state index is -1.10. The van der Waals surface area contributed by atoms with Crippen LogP contribution in [0, 0.1) is 11.8 Å². The van der Waals surface area contributed by atoms with Crippen LogP contribution in [0.2, 0.25) is 0 Å². The second-order valence-corrected chi connectivity index (χ2v) is 5.58. The molecule has 1 fully saturated rings. The van der Waals surface area contributed by atoms with Crippen molar-refractivity contribution in [2.45, 2.75) is 26.2 Å². The molecule has 2 unspecified atom stereocenters. The molecule has 2 rings (SSSR count). The fraction of sp³-hybridized carbons (Fsp3) is 0.583. The summed E-state index contributed by atoms with van der Waals surface area (Å²) in [6, 6.07) is 0. The van der Waals surface area contributed by atoms with Gasteiger partial charge in [0, 0.05) is 11.9 Å². The Morgan fingerprint density at radius 3 is 2.89 bits per heavy atom. The smallest absolute Gasteiger partial charge is 0.355 e. The molecule has 1 aromatic rings. The lowest BCUT2D eigenvalue weighted by atomic mass is 9.98. The monoisotopic (exact) mass is 268 g/mol. The molecule has 1 saturated carbocycles. The zero-order chi connectivity index (χ0) is 13.1. The van der Waals surface area contributed by atoms with Gasteiger partial charge >= 0.3 is 5.97 Å². The van der Waals surface area contributed by atoms with Gasteiger partial charge < -0.3 is 10.4 Å². The number of hydrogen-bond donors (Lipinski definition) is 2. The third kappa shape index (κ3) is 2.87. The number of nitrogens with one attached hydrogen (secondary N) is 1. The second-order valence-electron chi connectivity index (χ2n) is 4.72. The first-order valence-electron chi connectivity index (χ1n) is 6.05. The quantitative estimate of drug-likeness (QED) is 0.875. The van der Waals surface area contributed by atoms with Crippen LogP contribution in [0.3, 0.4) is 0 Å². The number of carboxylic acid groups (broad SMARTS) is 1. The maximum Gasteiger partial charge on any atom is 0.355 e. The third-order valence-corrected chi connectivity index (χ3v) is 4.32. The van der Waals surface area contributed by atoms with Crippen LogP contribution in [0.5, 0.6) is 0 Å². The highest BCUT2D eigenvalue weighted by Crippen LogP contribution is 2.30. The first-order chi connectivity index (χ1) is 8.58. The molecule has 0 aliphatic heterocycles. The van der Waals surface area contributed by atoms with E-state index in [0.29, 0.717) is 18.4 Å². The van der Waals surface area contributed by atoms with Crippen LogP contribution in [0.15, 0.2) is 5.38 Å². The van der Waals surface area contributed by atoms with Crippen LogP contribution >= 0.6 is 11.3 Å². The van der Waals surface area contributed by atoms with E-state index in [2.05, 4.69) is 17.2 Å². The predicted octanol–water partition coefficient (Wildman–Crippen LogP) is 2.01. The van der Waals surface area contributed by atoms with Crippen molar-refractivity contribution in [1.82, 2.24) is 10.3 Å². The Hall–Kier alpha value is -1.43. The normalized spacial score (nSPS) is 22.9. The van der Waals surface area contributed by atoms with Crippen LogP contribution in [-0.4, -0.2) is 28.5 Å². The maximum atomic E-state index is 11.8. The number of carboxylic acids is 1. The van der Waals surface area contributed by atoms with Gasteiger partial charge in [0.1, 0.15) is 0 Å². The molecule has 1 amide bonds. The Balaban J connectivity index is 1.89. The van der Waals surface area contributed by atoms with E-state index < -0.39 is 5.97 Å². The third-order valence-electron chi connectivity index (χ3n) is 3.48. The summed E-state index contributed by atoms with van der Waals surface area (Å²) in [7, 11) is 0. The number of amides is 1. The Labute approximate surface area is 109 Å². The number of thiazole rings is 1. The molecule has 0 spiro atoms.